The molecule has 2 nitrogen and oxygen atoms in total. The van der Waals surface area contributed by atoms with Crippen LogP contribution in [0, 0.1) is 5.41 Å². The molecule has 1 aliphatic heterocycles. The average molecular weight is 252 g/mol. The smallest absolute Gasteiger partial charge is 0.159 e. The van der Waals surface area contributed by atoms with E-state index in [4.69, 9.17) is 0 Å². The molecule has 0 aliphatic carbocycles. The Morgan fingerprint density at radius 3 is 2.00 bits per heavy atom. The SMILES string of the molecule is CCCCCCC(C)(CCCC)CCC1(C)N=N1. The summed E-state index contributed by atoms with van der Waals surface area (Å²) >= 11 is 0. The van der Waals surface area contributed by atoms with Crippen LogP contribution in [0.2, 0.25) is 0 Å². The molecule has 1 rings (SSSR count). The third kappa shape index (κ3) is 5.97. The lowest BCUT2D eigenvalue weighted by molar-refractivity contribution is 0.218. The lowest BCUT2D eigenvalue weighted by Crippen LogP contribution is -2.20. The van der Waals surface area contributed by atoms with Gasteiger partial charge < -0.3 is 0 Å². The minimum absolute atomic E-state index is 0.00308. The molecule has 0 fully saturated rings. The number of nitrogens with zero attached hydrogens (tertiary/aromatic N) is 2. The quantitative estimate of drug-likeness (QED) is 0.396. The van der Waals surface area contributed by atoms with Gasteiger partial charge in [0.25, 0.3) is 0 Å². The summed E-state index contributed by atoms with van der Waals surface area (Å²) in [5, 5.41) is 8.30. The Morgan fingerprint density at radius 2 is 1.44 bits per heavy atom. The number of hydrogen-bond acceptors (Lipinski definition) is 2. The summed E-state index contributed by atoms with van der Waals surface area (Å²) in [7, 11) is 0. The van der Waals surface area contributed by atoms with Crippen LogP contribution >= 0.6 is 0 Å². The van der Waals surface area contributed by atoms with Gasteiger partial charge in [0.2, 0.25) is 0 Å². The van der Waals surface area contributed by atoms with Crippen molar-refractivity contribution in [2.45, 2.75) is 97.6 Å². The first-order chi connectivity index (χ1) is 8.54. The van der Waals surface area contributed by atoms with E-state index < -0.39 is 0 Å². The van der Waals surface area contributed by atoms with E-state index in [0.29, 0.717) is 5.41 Å². The van der Waals surface area contributed by atoms with Gasteiger partial charge in [-0.15, -0.1) is 0 Å². The number of hydrogen-bond donors (Lipinski definition) is 0. The Bertz CT molecular complexity index is 254. The van der Waals surface area contributed by atoms with Crippen LogP contribution in [0.25, 0.3) is 0 Å². The molecule has 0 saturated carbocycles. The van der Waals surface area contributed by atoms with E-state index in [1.54, 1.807) is 0 Å². The zero-order valence-corrected chi connectivity index (χ0v) is 13.0. The van der Waals surface area contributed by atoms with Crippen LogP contribution in [0.1, 0.15) is 91.9 Å². The minimum atomic E-state index is -0.00308. The van der Waals surface area contributed by atoms with Crippen molar-refractivity contribution in [2.75, 3.05) is 0 Å². The van der Waals surface area contributed by atoms with Crippen molar-refractivity contribution >= 4 is 0 Å². The fourth-order valence-corrected chi connectivity index (χ4v) is 2.68. The minimum Gasteiger partial charge on any atom is -0.159 e. The largest absolute Gasteiger partial charge is 0.188 e. The van der Waals surface area contributed by atoms with Crippen molar-refractivity contribution in [1.82, 2.24) is 0 Å². The normalized spacial score (nSPS) is 19.8. The van der Waals surface area contributed by atoms with Gasteiger partial charge in [-0.25, -0.2) is 0 Å². The van der Waals surface area contributed by atoms with Crippen LogP contribution in [-0.2, 0) is 0 Å². The Hall–Kier alpha value is -0.400. The Balaban J connectivity index is 2.30. The zero-order chi connectivity index (χ0) is 13.5. The first-order valence-electron chi connectivity index (χ1n) is 7.98. The van der Waals surface area contributed by atoms with Crippen LogP contribution in [0.3, 0.4) is 0 Å². The summed E-state index contributed by atoms with van der Waals surface area (Å²) in [5.41, 5.74) is 0.525. The maximum atomic E-state index is 4.15. The third-order valence-electron chi connectivity index (χ3n) is 4.41. The van der Waals surface area contributed by atoms with Gasteiger partial charge in [-0.05, 0) is 38.0 Å². The van der Waals surface area contributed by atoms with E-state index in [1.165, 1.54) is 57.8 Å². The van der Waals surface area contributed by atoms with Crippen LogP contribution in [0.4, 0.5) is 0 Å². The molecule has 1 heterocycles. The van der Waals surface area contributed by atoms with E-state index in [0.717, 1.165) is 6.42 Å². The second-order valence-corrected chi connectivity index (χ2v) is 6.64. The molecular weight excluding hydrogens is 220 g/mol. The topological polar surface area (TPSA) is 24.7 Å². The van der Waals surface area contributed by atoms with Gasteiger partial charge in [0, 0.05) is 0 Å². The van der Waals surface area contributed by atoms with Crippen molar-refractivity contribution in [3.8, 4) is 0 Å². The van der Waals surface area contributed by atoms with Gasteiger partial charge in [0.1, 0.15) is 0 Å². The summed E-state index contributed by atoms with van der Waals surface area (Å²) in [6.45, 7) is 9.22. The molecule has 2 heteroatoms. The fourth-order valence-electron chi connectivity index (χ4n) is 2.68. The number of rotatable bonds is 11. The fraction of sp³-hybridized carbons (Fsp3) is 1.00. The predicted molar refractivity (Wildman–Crippen MR) is 78.9 cm³/mol. The summed E-state index contributed by atoms with van der Waals surface area (Å²) in [6.07, 6.45) is 13.4. The molecule has 106 valence electrons. The molecular formula is C16H32N2. The summed E-state index contributed by atoms with van der Waals surface area (Å²) in [4.78, 5) is 0. The molecule has 0 radical (unpaired) electrons. The van der Waals surface area contributed by atoms with E-state index in [-0.39, 0.29) is 5.66 Å². The maximum absolute atomic E-state index is 4.15. The van der Waals surface area contributed by atoms with Gasteiger partial charge in [-0.1, -0.05) is 59.3 Å². The molecule has 0 N–H and O–H groups in total. The molecule has 18 heavy (non-hydrogen) atoms. The van der Waals surface area contributed by atoms with Crippen LogP contribution in [-0.4, -0.2) is 5.66 Å². The average Bonchev–Trinajstić information content (AvgIpc) is 3.09. The standard InChI is InChI=1S/C16H32N2/c1-5-7-9-10-12-15(3,11-8-6-2)13-14-16(4)17-18-16/h5-14H2,1-4H3. The van der Waals surface area contributed by atoms with Crippen molar-refractivity contribution in [3.63, 3.8) is 0 Å². The summed E-state index contributed by atoms with van der Waals surface area (Å²) in [6, 6.07) is 0. The van der Waals surface area contributed by atoms with E-state index in [9.17, 15) is 0 Å². The summed E-state index contributed by atoms with van der Waals surface area (Å²) in [5.74, 6) is 0. The Morgan fingerprint density at radius 1 is 0.833 bits per heavy atom. The van der Waals surface area contributed by atoms with Crippen molar-refractivity contribution < 1.29 is 0 Å². The molecule has 0 amide bonds. The third-order valence-corrected chi connectivity index (χ3v) is 4.41. The highest BCUT2D eigenvalue weighted by molar-refractivity contribution is 4.90. The van der Waals surface area contributed by atoms with Gasteiger partial charge in [-0.2, -0.15) is 10.2 Å². The molecule has 1 atom stereocenters. The highest BCUT2D eigenvalue weighted by Gasteiger charge is 2.36. The van der Waals surface area contributed by atoms with Gasteiger partial charge in [0.15, 0.2) is 5.66 Å². The van der Waals surface area contributed by atoms with E-state index >= 15 is 0 Å². The first-order valence-corrected chi connectivity index (χ1v) is 7.98. The van der Waals surface area contributed by atoms with Crippen LogP contribution in [0.5, 0.6) is 0 Å². The number of unbranched alkanes of at least 4 members (excludes halogenated alkanes) is 4. The van der Waals surface area contributed by atoms with Crippen LogP contribution in [0.15, 0.2) is 10.2 Å². The molecule has 0 bridgehead atoms. The Labute approximate surface area is 114 Å². The highest BCUT2D eigenvalue weighted by Crippen LogP contribution is 2.41. The molecule has 1 unspecified atom stereocenters. The second-order valence-electron chi connectivity index (χ2n) is 6.64. The monoisotopic (exact) mass is 252 g/mol. The Kier molecular flexibility index (Phi) is 6.31. The first kappa shape index (κ1) is 15.7. The lowest BCUT2D eigenvalue weighted by Gasteiger charge is -2.30. The molecule has 0 aromatic heterocycles. The molecule has 0 aromatic carbocycles. The maximum Gasteiger partial charge on any atom is 0.188 e. The van der Waals surface area contributed by atoms with E-state index in [1.807, 2.05) is 0 Å². The molecule has 1 aliphatic rings. The van der Waals surface area contributed by atoms with Crippen molar-refractivity contribution in [1.29, 1.82) is 0 Å². The van der Waals surface area contributed by atoms with Crippen molar-refractivity contribution in [3.05, 3.63) is 0 Å². The van der Waals surface area contributed by atoms with Gasteiger partial charge >= 0.3 is 0 Å². The van der Waals surface area contributed by atoms with Gasteiger partial charge in [-0.3, -0.25) is 0 Å². The van der Waals surface area contributed by atoms with Gasteiger partial charge in [0.05, 0.1) is 0 Å². The molecule has 0 spiro atoms. The van der Waals surface area contributed by atoms with E-state index in [2.05, 4.69) is 37.9 Å². The predicted octanol–water partition coefficient (Wildman–Crippen LogP) is 6.12. The highest BCUT2D eigenvalue weighted by atomic mass is 15.4. The van der Waals surface area contributed by atoms with Crippen molar-refractivity contribution in [2.24, 2.45) is 15.6 Å². The molecule has 0 aromatic rings. The summed E-state index contributed by atoms with van der Waals surface area (Å²) < 4.78 is 0. The lowest BCUT2D eigenvalue weighted by atomic mass is 9.75. The second kappa shape index (κ2) is 7.25. The molecule has 0 saturated heterocycles. The van der Waals surface area contributed by atoms with Crippen LogP contribution < -0.4 is 0 Å². The zero-order valence-electron chi connectivity index (χ0n) is 13.0.